The first-order chi connectivity index (χ1) is 14.0. The summed E-state index contributed by atoms with van der Waals surface area (Å²) >= 11 is 0. The summed E-state index contributed by atoms with van der Waals surface area (Å²) in [7, 11) is 0. The van der Waals surface area contributed by atoms with Crippen molar-refractivity contribution in [2.45, 2.75) is 19.8 Å². The Morgan fingerprint density at radius 1 is 1.10 bits per heavy atom. The summed E-state index contributed by atoms with van der Waals surface area (Å²) in [6, 6.07) is 13.5. The quantitative estimate of drug-likeness (QED) is 0.705. The van der Waals surface area contributed by atoms with Gasteiger partial charge in [0, 0.05) is 30.9 Å². The molecule has 9 heteroatoms. The average Bonchev–Trinajstić information content (AvgIpc) is 3.16. The van der Waals surface area contributed by atoms with Gasteiger partial charge in [-0.25, -0.2) is 5.01 Å². The summed E-state index contributed by atoms with van der Waals surface area (Å²) in [5, 5.41) is 7.93. The maximum atomic E-state index is 12.7. The van der Waals surface area contributed by atoms with Crippen molar-refractivity contribution in [3.8, 4) is 11.4 Å². The van der Waals surface area contributed by atoms with Crippen LogP contribution in [0.5, 0.6) is 0 Å². The maximum Gasteiger partial charge on any atom is 0.255 e. The number of carbonyl (C=O) groups excluding carboxylic acids is 3. The monoisotopic (exact) mass is 391 g/mol. The number of nitrogens with zero attached hydrogens (tertiary/aromatic N) is 3. The Morgan fingerprint density at radius 2 is 1.86 bits per heavy atom. The molecule has 0 aliphatic carbocycles. The Labute approximate surface area is 165 Å². The number of amides is 3. The summed E-state index contributed by atoms with van der Waals surface area (Å²) < 4.78 is 5.01. The lowest BCUT2D eigenvalue weighted by molar-refractivity contribution is -0.130. The van der Waals surface area contributed by atoms with E-state index < -0.39 is 0 Å². The molecular weight excluding hydrogens is 374 g/mol. The lowest BCUT2D eigenvalue weighted by Gasteiger charge is -2.27. The molecule has 3 amide bonds. The number of aromatic nitrogens is 2. The molecule has 0 atom stereocenters. The molecule has 2 N–H and O–H groups in total. The molecule has 1 aliphatic rings. The smallest absolute Gasteiger partial charge is 0.255 e. The van der Waals surface area contributed by atoms with Crippen LogP contribution in [-0.4, -0.2) is 27.9 Å². The van der Waals surface area contributed by atoms with Crippen molar-refractivity contribution in [1.29, 1.82) is 0 Å². The van der Waals surface area contributed by atoms with Crippen LogP contribution in [-0.2, 0) is 9.59 Å². The minimum Gasteiger partial charge on any atom is -0.339 e. The molecule has 0 bridgehead atoms. The number of rotatable bonds is 4. The first kappa shape index (κ1) is 18.4. The van der Waals surface area contributed by atoms with E-state index in [9.17, 15) is 14.4 Å². The Morgan fingerprint density at radius 3 is 2.59 bits per heavy atom. The highest BCUT2D eigenvalue weighted by Crippen LogP contribution is 2.26. The van der Waals surface area contributed by atoms with Gasteiger partial charge in [0.2, 0.25) is 23.5 Å². The van der Waals surface area contributed by atoms with Crippen LogP contribution in [0, 0.1) is 6.92 Å². The van der Waals surface area contributed by atoms with E-state index in [1.807, 2.05) is 6.07 Å². The lowest BCUT2D eigenvalue weighted by Crippen LogP contribution is -2.50. The van der Waals surface area contributed by atoms with Crippen molar-refractivity contribution in [3.05, 3.63) is 60.0 Å². The van der Waals surface area contributed by atoms with Gasteiger partial charge < -0.3 is 9.84 Å². The number of carbonyl (C=O) groups is 3. The Hall–Kier alpha value is -4.01. The summed E-state index contributed by atoms with van der Waals surface area (Å²) in [5.41, 5.74) is 4.58. The van der Waals surface area contributed by atoms with E-state index in [-0.39, 0.29) is 30.6 Å². The second-order valence-corrected chi connectivity index (χ2v) is 6.45. The summed E-state index contributed by atoms with van der Waals surface area (Å²) in [4.78, 5) is 40.4. The van der Waals surface area contributed by atoms with Gasteiger partial charge in [0.05, 0.1) is 11.4 Å². The van der Waals surface area contributed by atoms with E-state index >= 15 is 0 Å². The maximum absolute atomic E-state index is 12.7. The van der Waals surface area contributed by atoms with Crippen LogP contribution in [0.3, 0.4) is 0 Å². The third-order valence-electron chi connectivity index (χ3n) is 4.38. The van der Waals surface area contributed by atoms with E-state index in [1.54, 1.807) is 49.4 Å². The molecule has 29 heavy (non-hydrogen) atoms. The SMILES string of the molecule is Cc1nc(-c2ccccc2NC(=O)c2ccc(N3NC(=O)CCC3=O)cc2)no1. The van der Waals surface area contributed by atoms with Crippen LogP contribution in [0.2, 0.25) is 0 Å². The summed E-state index contributed by atoms with van der Waals surface area (Å²) in [6.45, 7) is 1.69. The number of hydrogen-bond acceptors (Lipinski definition) is 6. The van der Waals surface area contributed by atoms with Crippen molar-refractivity contribution in [2.75, 3.05) is 10.3 Å². The Bertz CT molecular complexity index is 1090. The number of benzene rings is 2. The zero-order valence-electron chi connectivity index (χ0n) is 15.5. The van der Waals surface area contributed by atoms with Crippen molar-refractivity contribution in [2.24, 2.45) is 0 Å². The summed E-state index contributed by atoms with van der Waals surface area (Å²) in [6.07, 6.45) is 0.329. The minimum absolute atomic E-state index is 0.153. The van der Waals surface area contributed by atoms with Gasteiger partial charge in [-0.05, 0) is 36.4 Å². The van der Waals surface area contributed by atoms with Crippen LogP contribution in [0.1, 0.15) is 29.1 Å². The van der Waals surface area contributed by atoms with E-state index in [0.717, 1.165) is 0 Å². The molecule has 2 heterocycles. The summed E-state index contributed by atoms with van der Waals surface area (Å²) in [5.74, 6) is 0.0493. The molecule has 1 fully saturated rings. The number of nitrogens with one attached hydrogen (secondary N) is 2. The van der Waals surface area contributed by atoms with Gasteiger partial charge in [0.25, 0.3) is 5.91 Å². The zero-order chi connectivity index (χ0) is 20.4. The van der Waals surface area contributed by atoms with Gasteiger partial charge in [-0.15, -0.1) is 0 Å². The molecule has 0 unspecified atom stereocenters. The van der Waals surface area contributed by atoms with Crippen LogP contribution in [0.25, 0.3) is 11.4 Å². The molecule has 1 aliphatic heterocycles. The van der Waals surface area contributed by atoms with Gasteiger partial charge in [0.1, 0.15) is 0 Å². The lowest BCUT2D eigenvalue weighted by atomic mass is 10.1. The van der Waals surface area contributed by atoms with Crippen LogP contribution >= 0.6 is 0 Å². The molecule has 3 aromatic rings. The van der Waals surface area contributed by atoms with Gasteiger partial charge >= 0.3 is 0 Å². The highest BCUT2D eigenvalue weighted by Gasteiger charge is 2.24. The number of hydrogen-bond donors (Lipinski definition) is 2. The number of aryl methyl sites for hydroxylation is 1. The molecule has 1 saturated heterocycles. The van der Waals surface area contributed by atoms with Gasteiger partial charge in [-0.1, -0.05) is 17.3 Å². The molecule has 146 valence electrons. The molecular formula is C20H17N5O4. The van der Waals surface area contributed by atoms with Crippen LogP contribution in [0.15, 0.2) is 53.1 Å². The number of hydrazine groups is 1. The van der Waals surface area contributed by atoms with Crippen molar-refractivity contribution in [1.82, 2.24) is 15.6 Å². The minimum atomic E-state index is -0.335. The van der Waals surface area contributed by atoms with Crippen LogP contribution < -0.4 is 15.8 Å². The van der Waals surface area contributed by atoms with Crippen LogP contribution in [0.4, 0.5) is 11.4 Å². The number of anilines is 2. The Balaban J connectivity index is 1.53. The van der Waals surface area contributed by atoms with E-state index in [4.69, 9.17) is 4.52 Å². The molecule has 2 aromatic carbocycles. The molecule has 4 rings (SSSR count). The first-order valence-corrected chi connectivity index (χ1v) is 8.95. The van der Waals surface area contributed by atoms with Gasteiger partial charge in [0.15, 0.2) is 0 Å². The van der Waals surface area contributed by atoms with Crippen molar-refractivity contribution < 1.29 is 18.9 Å². The van der Waals surface area contributed by atoms with Crippen molar-refractivity contribution in [3.63, 3.8) is 0 Å². The zero-order valence-corrected chi connectivity index (χ0v) is 15.5. The second-order valence-electron chi connectivity index (χ2n) is 6.45. The van der Waals surface area contributed by atoms with Gasteiger partial charge in [-0.3, -0.25) is 19.8 Å². The first-order valence-electron chi connectivity index (χ1n) is 8.95. The highest BCUT2D eigenvalue weighted by molar-refractivity contribution is 6.06. The predicted molar refractivity (Wildman–Crippen MR) is 104 cm³/mol. The average molecular weight is 391 g/mol. The largest absolute Gasteiger partial charge is 0.339 e. The number of para-hydroxylation sites is 1. The standard InChI is InChI=1S/C20H17N5O4/c1-12-21-19(24-29-12)15-4-2-3-5-16(15)22-20(28)13-6-8-14(9-7-13)25-18(27)11-10-17(26)23-25/h2-9H,10-11H2,1H3,(H,22,28)(H,23,26). The van der Waals surface area contributed by atoms with Crippen molar-refractivity contribution >= 4 is 29.1 Å². The third kappa shape index (κ3) is 3.84. The Kier molecular flexibility index (Phi) is 4.78. The van der Waals surface area contributed by atoms with E-state index in [1.165, 1.54) is 5.01 Å². The predicted octanol–water partition coefficient (Wildman–Crippen LogP) is 2.46. The molecule has 0 saturated carbocycles. The molecule has 1 aromatic heterocycles. The van der Waals surface area contributed by atoms with Gasteiger partial charge in [-0.2, -0.15) is 4.98 Å². The van der Waals surface area contributed by atoms with E-state index in [0.29, 0.717) is 34.2 Å². The fraction of sp³-hybridized carbons (Fsp3) is 0.150. The van der Waals surface area contributed by atoms with E-state index in [2.05, 4.69) is 20.9 Å². The fourth-order valence-electron chi connectivity index (χ4n) is 2.94. The molecule has 0 spiro atoms. The topological polar surface area (TPSA) is 117 Å². The molecule has 9 nitrogen and oxygen atoms in total. The second kappa shape index (κ2) is 7.55. The third-order valence-corrected chi connectivity index (χ3v) is 4.38. The normalized spacial score (nSPS) is 13.9. The molecule has 0 radical (unpaired) electrons. The fourth-order valence-corrected chi connectivity index (χ4v) is 2.94. The highest BCUT2D eigenvalue weighted by atomic mass is 16.5.